The number of hydrogen-bond donors (Lipinski definition) is 3. The maximum Gasteiger partial charge on any atom is 1.00 e. The number of anilines is 2. The molecule has 0 unspecified atom stereocenters. The third kappa shape index (κ3) is 27.8. The summed E-state index contributed by atoms with van der Waals surface area (Å²) in [5, 5.41) is 22.6. The number of hydrogen-bond acceptors (Lipinski definition) is 10. The number of primary sulfonamides is 2. The van der Waals surface area contributed by atoms with Crippen molar-refractivity contribution in [2.45, 2.75) is 113 Å². The molecule has 5 N–H and O–H groups in total. The second-order valence-corrected chi connectivity index (χ2v) is 23.7. The van der Waals surface area contributed by atoms with Crippen LogP contribution in [0.4, 0.5) is 11.4 Å². The molecule has 19 heteroatoms. The van der Waals surface area contributed by atoms with Crippen molar-refractivity contribution >= 4 is 99.8 Å². The summed E-state index contributed by atoms with van der Waals surface area (Å²) in [5.74, 6) is -0.269. The van der Waals surface area contributed by atoms with Gasteiger partial charge in [-0.1, -0.05) is 119 Å². The monoisotopic (exact) mass is 1220 g/mol. The summed E-state index contributed by atoms with van der Waals surface area (Å²) in [6.45, 7) is 11.9. The number of rotatable bonds is 7. The number of nitrogens with one attached hydrogen (secondary N) is 1. The SMILES string of the molecule is C1CCCNCC1.CC(C)(C)[O-].Ic1ccccc1.NS(=O)(=O)c1cc(C(=O)Cl)ccc1Cl.NS(=O)(=O)c1cc(C(=O)c2ccc(N3CCCCCC3)cc2)ccc1Cl.[Na+].c1ccc(N2CCCCCC2)cc1. The van der Waals surface area contributed by atoms with Crippen molar-refractivity contribution < 1.29 is 61.1 Å². The van der Waals surface area contributed by atoms with Crippen molar-refractivity contribution in [1.82, 2.24) is 5.32 Å². The number of carbonyl (C=O) groups excluding carboxylic acids is 2. The summed E-state index contributed by atoms with van der Waals surface area (Å²) in [5.41, 5.74) is 2.50. The van der Waals surface area contributed by atoms with Gasteiger partial charge in [0.15, 0.2) is 5.78 Å². The quantitative estimate of drug-likeness (QED) is 0.0615. The molecular weight excluding hydrogens is 1150 g/mol. The van der Waals surface area contributed by atoms with Crippen LogP contribution in [0.5, 0.6) is 0 Å². The zero-order chi connectivity index (χ0) is 53.2. The normalized spacial score (nSPS) is 14.9. The van der Waals surface area contributed by atoms with E-state index in [1.807, 2.05) is 30.3 Å². The van der Waals surface area contributed by atoms with E-state index < -0.39 is 30.9 Å². The maximum absolute atomic E-state index is 12.7. The number of sulfonamides is 2. The Morgan fingerprint density at radius 2 is 0.890 bits per heavy atom. The molecule has 12 nitrogen and oxygen atoms in total. The van der Waals surface area contributed by atoms with Gasteiger partial charge in [-0.25, -0.2) is 27.1 Å². The Balaban J connectivity index is 0.000000330. The van der Waals surface area contributed by atoms with Crippen LogP contribution in [0.1, 0.15) is 124 Å². The average Bonchev–Trinajstić information content (AvgIpc) is 3.92. The van der Waals surface area contributed by atoms with Crippen LogP contribution >= 0.6 is 57.4 Å². The second-order valence-electron chi connectivity index (χ2n) is 18.2. The topological polar surface area (TPSA) is 196 Å². The molecule has 394 valence electrons. The summed E-state index contributed by atoms with van der Waals surface area (Å²) < 4.78 is 46.4. The van der Waals surface area contributed by atoms with Crippen molar-refractivity contribution in [2.75, 3.05) is 49.1 Å². The first-order valence-corrected chi connectivity index (χ1v) is 29.5. The van der Waals surface area contributed by atoms with Gasteiger partial charge in [0, 0.05) is 57.8 Å². The van der Waals surface area contributed by atoms with Gasteiger partial charge in [-0.3, -0.25) is 9.59 Å². The molecule has 8 rings (SSSR count). The first-order valence-electron chi connectivity index (χ1n) is 24.2. The van der Waals surface area contributed by atoms with Gasteiger partial charge in [-0.05, 0) is 171 Å². The van der Waals surface area contributed by atoms with Crippen LogP contribution in [-0.4, -0.2) is 72.7 Å². The minimum Gasteiger partial charge on any atom is -0.850 e. The molecule has 3 heterocycles. The fourth-order valence-corrected chi connectivity index (χ4v) is 10.1. The largest absolute Gasteiger partial charge is 1.00 e. The Kier molecular flexibility index (Phi) is 31.8. The molecular formula is C54H70Cl3IN5NaO7S2. The van der Waals surface area contributed by atoms with Gasteiger partial charge in [-0.15, -0.1) is 5.60 Å². The van der Waals surface area contributed by atoms with Gasteiger partial charge in [0.2, 0.25) is 20.0 Å². The van der Waals surface area contributed by atoms with E-state index in [2.05, 4.69) is 80.2 Å². The van der Waals surface area contributed by atoms with E-state index in [0.29, 0.717) is 5.56 Å². The zero-order valence-electron chi connectivity index (χ0n) is 42.5. The van der Waals surface area contributed by atoms with E-state index in [-0.39, 0.29) is 66.3 Å². The fraction of sp³-hybridized carbons (Fsp3) is 0.407. The predicted octanol–water partition coefficient (Wildman–Crippen LogP) is 8.62. The Morgan fingerprint density at radius 1 is 0.548 bits per heavy atom. The van der Waals surface area contributed by atoms with E-state index in [1.165, 1.54) is 143 Å². The molecule has 0 saturated carbocycles. The van der Waals surface area contributed by atoms with Crippen molar-refractivity contribution in [3.8, 4) is 0 Å². The Morgan fingerprint density at radius 3 is 1.26 bits per heavy atom. The Bertz CT molecular complexity index is 2590. The Hall–Kier alpha value is -2.62. The number of benzene rings is 5. The Labute approximate surface area is 485 Å². The summed E-state index contributed by atoms with van der Waals surface area (Å²) in [6, 6.07) is 36.1. The van der Waals surface area contributed by atoms with Crippen molar-refractivity contribution in [2.24, 2.45) is 10.3 Å². The first-order chi connectivity index (χ1) is 34.0. The standard InChI is InChI=1S/C19H21ClN2O3S.C12H17N.C7H5Cl2NO3S.C6H5I.C6H13N.C4H9O.Na/c20-17-10-7-15(13-18(17)26(21,24)25)19(23)14-5-8-16(9-6-14)22-11-3-1-2-4-12-22;1-2-7-11-13(10-6-1)12-8-4-3-5-9-12;8-5-2-1-4(7(9)11)3-6(5)14(10,12)13;7-6-4-2-1-3-5-6;1-2-4-6-7-5-3-1;1-4(2,3)5;/h5-10,13H,1-4,11-12H2,(H2,21,24,25);3-5,8-9H,1-2,6-7,10-11H2;1-3H,(H2,10,12,13);1-5H;7H,1-6H2;1-3H3;/q;;;;;-1;+1. The number of halogens is 4. The molecule has 73 heavy (non-hydrogen) atoms. The fourth-order valence-electron chi connectivity index (χ4n) is 7.39. The molecule has 0 aliphatic carbocycles. The van der Waals surface area contributed by atoms with Crippen molar-refractivity contribution in [3.63, 3.8) is 0 Å². The van der Waals surface area contributed by atoms with Gasteiger partial charge in [0.05, 0.1) is 10.0 Å². The number of ketones is 1. The summed E-state index contributed by atoms with van der Waals surface area (Å²) in [7, 11) is -7.92. The number of nitrogens with two attached hydrogens (primary N) is 2. The minimum absolute atomic E-state index is 0. The van der Waals surface area contributed by atoms with Gasteiger partial charge in [0.1, 0.15) is 9.79 Å². The summed E-state index contributed by atoms with van der Waals surface area (Å²) in [6.07, 6.45) is 16.1. The van der Waals surface area contributed by atoms with E-state index in [1.54, 1.807) is 32.9 Å². The van der Waals surface area contributed by atoms with Crippen LogP contribution in [0.25, 0.3) is 0 Å². The van der Waals surface area contributed by atoms with Crippen LogP contribution < -0.4 is 60.1 Å². The molecule has 0 bridgehead atoms. The maximum atomic E-state index is 12.7. The van der Waals surface area contributed by atoms with Crippen LogP contribution in [-0.2, 0) is 20.0 Å². The molecule has 0 spiro atoms. The van der Waals surface area contributed by atoms with Gasteiger partial charge in [0.25, 0.3) is 5.24 Å². The van der Waals surface area contributed by atoms with Crippen LogP contribution in [0.2, 0.25) is 10.0 Å². The molecule has 0 radical (unpaired) electrons. The van der Waals surface area contributed by atoms with E-state index >= 15 is 0 Å². The smallest absolute Gasteiger partial charge is 0.850 e. The third-order valence-electron chi connectivity index (χ3n) is 11.0. The summed E-state index contributed by atoms with van der Waals surface area (Å²) in [4.78, 5) is 27.7. The number of para-hydroxylation sites is 1. The third-order valence-corrected chi connectivity index (χ3v) is 14.7. The number of nitrogens with zero attached hydrogens (tertiary/aromatic N) is 2. The van der Waals surface area contributed by atoms with Crippen LogP contribution in [0.3, 0.4) is 0 Å². The van der Waals surface area contributed by atoms with Gasteiger partial charge >= 0.3 is 29.6 Å². The average molecular weight is 1220 g/mol. The second kappa shape index (κ2) is 34.9. The summed E-state index contributed by atoms with van der Waals surface area (Å²) >= 11 is 18.9. The molecule has 3 fully saturated rings. The molecule has 0 amide bonds. The molecule has 0 atom stereocenters. The molecule has 3 aliphatic rings. The van der Waals surface area contributed by atoms with E-state index in [9.17, 15) is 31.5 Å². The number of carbonyl (C=O) groups is 2. The van der Waals surface area contributed by atoms with Crippen LogP contribution in [0.15, 0.2) is 131 Å². The van der Waals surface area contributed by atoms with Gasteiger partial charge < -0.3 is 20.2 Å². The van der Waals surface area contributed by atoms with E-state index in [0.717, 1.165) is 24.8 Å². The first kappa shape index (κ1) is 66.5. The molecule has 0 aromatic heterocycles. The van der Waals surface area contributed by atoms with Crippen molar-refractivity contribution in [3.05, 3.63) is 152 Å². The van der Waals surface area contributed by atoms with Crippen LogP contribution in [0, 0.1) is 3.57 Å². The predicted molar refractivity (Wildman–Crippen MR) is 304 cm³/mol. The van der Waals surface area contributed by atoms with Gasteiger partial charge in [-0.2, -0.15) is 0 Å². The molecule has 3 saturated heterocycles. The molecule has 5 aromatic carbocycles. The minimum atomic E-state index is -3.99. The zero-order valence-corrected chi connectivity index (χ0v) is 50.6. The van der Waals surface area contributed by atoms with E-state index in [4.69, 9.17) is 45.1 Å². The van der Waals surface area contributed by atoms with Crippen molar-refractivity contribution in [1.29, 1.82) is 0 Å². The molecule has 5 aromatic rings. The molecule has 3 aliphatic heterocycles.